The van der Waals surface area contributed by atoms with Gasteiger partial charge in [-0.3, -0.25) is 4.79 Å². The van der Waals surface area contributed by atoms with Crippen LogP contribution in [0.5, 0.6) is 0 Å². The molecule has 0 spiro atoms. The standard InChI is InChI=1S/C14H17BrO2.C2H2/c1-4-17-11(3)14(13(16)9-15)12-8-6-5-7-10(12)2;1-2/h5-8H,4,9H2,1-3H3;1-2H/b14-11-;. The lowest BCUT2D eigenvalue weighted by molar-refractivity contribution is -0.111. The first-order valence-corrected chi connectivity index (χ1v) is 7.06. The van der Waals surface area contributed by atoms with Gasteiger partial charge in [0.05, 0.1) is 17.5 Å². The fourth-order valence-electron chi connectivity index (χ4n) is 1.75. The van der Waals surface area contributed by atoms with Gasteiger partial charge in [0, 0.05) is 0 Å². The van der Waals surface area contributed by atoms with Crippen molar-refractivity contribution < 1.29 is 9.53 Å². The van der Waals surface area contributed by atoms with Crippen molar-refractivity contribution in [2.75, 3.05) is 11.9 Å². The Morgan fingerprint density at radius 2 is 1.89 bits per heavy atom. The summed E-state index contributed by atoms with van der Waals surface area (Å²) in [7, 11) is 0. The van der Waals surface area contributed by atoms with E-state index in [1.807, 2.05) is 45.0 Å². The van der Waals surface area contributed by atoms with E-state index < -0.39 is 0 Å². The molecule has 0 N–H and O–H groups in total. The summed E-state index contributed by atoms with van der Waals surface area (Å²) in [6, 6.07) is 7.85. The van der Waals surface area contributed by atoms with Gasteiger partial charge in [-0.2, -0.15) is 0 Å². The van der Waals surface area contributed by atoms with Crippen LogP contribution in [-0.4, -0.2) is 17.7 Å². The monoisotopic (exact) mass is 322 g/mol. The average Bonchev–Trinajstić information content (AvgIpc) is 2.43. The van der Waals surface area contributed by atoms with Crippen molar-refractivity contribution in [1.29, 1.82) is 0 Å². The molecule has 0 radical (unpaired) electrons. The van der Waals surface area contributed by atoms with Crippen LogP contribution in [0.1, 0.15) is 25.0 Å². The van der Waals surface area contributed by atoms with Crippen LogP contribution in [0.4, 0.5) is 0 Å². The Kier molecular flexibility index (Phi) is 8.65. The van der Waals surface area contributed by atoms with Gasteiger partial charge in [0.1, 0.15) is 5.76 Å². The van der Waals surface area contributed by atoms with Gasteiger partial charge in [0.2, 0.25) is 0 Å². The lowest BCUT2D eigenvalue weighted by Crippen LogP contribution is -2.08. The van der Waals surface area contributed by atoms with Gasteiger partial charge in [-0.05, 0) is 31.9 Å². The SMILES string of the molecule is C#C.CCO/C(C)=C(\C(=O)CBr)c1ccccc1C. The topological polar surface area (TPSA) is 26.3 Å². The fraction of sp³-hybridized carbons (Fsp3) is 0.312. The molecule has 1 aromatic rings. The third-order valence-corrected chi connectivity index (χ3v) is 3.04. The fourth-order valence-corrected chi connectivity index (χ4v) is 2.03. The molecule has 0 saturated heterocycles. The van der Waals surface area contributed by atoms with E-state index in [9.17, 15) is 4.79 Å². The number of halogens is 1. The highest BCUT2D eigenvalue weighted by atomic mass is 79.9. The maximum Gasteiger partial charge on any atom is 0.177 e. The third-order valence-electron chi connectivity index (χ3n) is 2.53. The summed E-state index contributed by atoms with van der Waals surface area (Å²) in [5.41, 5.74) is 2.69. The third kappa shape index (κ3) is 4.92. The molecule has 0 aromatic heterocycles. The number of benzene rings is 1. The minimum Gasteiger partial charge on any atom is -0.498 e. The van der Waals surface area contributed by atoms with E-state index in [1.54, 1.807) is 0 Å². The normalized spacial score (nSPS) is 10.8. The van der Waals surface area contributed by atoms with E-state index >= 15 is 0 Å². The summed E-state index contributed by atoms with van der Waals surface area (Å²) >= 11 is 3.22. The molecule has 3 heteroatoms. The molecule has 19 heavy (non-hydrogen) atoms. The van der Waals surface area contributed by atoms with Crippen LogP contribution in [0.3, 0.4) is 0 Å². The Morgan fingerprint density at radius 3 is 2.37 bits per heavy atom. The Hall–Kier alpha value is -1.53. The van der Waals surface area contributed by atoms with Gasteiger partial charge in [0.15, 0.2) is 5.78 Å². The number of allylic oxidation sites excluding steroid dienone is 2. The van der Waals surface area contributed by atoms with Gasteiger partial charge >= 0.3 is 0 Å². The number of carbonyl (C=O) groups is 1. The molecule has 1 aromatic carbocycles. The molecule has 0 fully saturated rings. The highest BCUT2D eigenvalue weighted by Gasteiger charge is 2.16. The highest BCUT2D eigenvalue weighted by Crippen LogP contribution is 2.24. The summed E-state index contributed by atoms with van der Waals surface area (Å²) in [5, 5.41) is 0.307. The number of terminal acetylenes is 1. The minimum atomic E-state index is 0.0465. The molecule has 0 aliphatic carbocycles. The van der Waals surface area contributed by atoms with E-state index in [1.165, 1.54) is 0 Å². The van der Waals surface area contributed by atoms with Gasteiger partial charge in [0.25, 0.3) is 0 Å². The molecule has 0 atom stereocenters. The predicted octanol–water partition coefficient (Wildman–Crippen LogP) is 3.98. The number of carbonyl (C=O) groups excluding carboxylic acids is 1. The molecule has 1 rings (SSSR count). The molecule has 0 unspecified atom stereocenters. The first-order valence-electron chi connectivity index (χ1n) is 5.94. The van der Waals surface area contributed by atoms with E-state index in [-0.39, 0.29) is 5.78 Å². The molecular formula is C16H19BrO2. The summed E-state index contributed by atoms with van der Waals surface area (Å²) in [6.45, 7) is 6.32. The number of alkyl halides is 1. The van der Waals surface area contributed by atoms with Crippen molar-refractivity contribution in [1.82, 2.24) is 0 Å². The van der Waals surface area contributed by atoms with E-state index in [0.717, 1.165) is 11.1 Å². The number of aryl methyl sites for hydroxylation is 1. The van der Waals surface area contributed by atoms with E-state index in [0.29, 0.717) is 23.3 Å². The zero-order valence-electron chi connectivity index (χ0n) is 11.6. The number of ether oxygens (including phenoxy) is 1. The zero-order valence-corrected chi connectivity index (χ0v) is 13.2. The van der Waals surface area contributed by atoms with Gasteiger partial charge in [-0.15, -0.1) is 12.8 Å². The van der Waals surface area contributed by atoms with Crippen LogP contribution in [0.15, 0.2) is 30.0 Å². The number of hydrogen-bond acceptors (Lipinski definition) is 2. The summed E-state index contributed by atoms with van der Waals surface area (Å²) < 4.78 is 5.47. The van der Waals surface area contributed by atoms with Crippen molar-refractivity contribution in [3.05, 3.63) is 41.2 Å². The second kappa shape index (κ2) is 9.41. The first kappa shape index (κ1) is 17.5. The molecule has 0 heterocycles. The average molecular weight is 323 g/mol. The number of Topliss-reactive ketones (excluding diaryl/α,β-unsaturated/α-hetero) is 1. The molecular weight excluding hydrogens is 304 g/mol. The van der Waals surface area contributed by atoms with Crippen molar-refractivity contribution in [3.8, 4) is 12.8 Å². The lowest BCUT2D eigenvalue weighted by atomic mass is 9.97. The summed E-state index contributed by atoms with van der Waals surface area (Å²) in [6.07, 6.45) is 8.00. The van der Waals surface area contributed by atoms with Crippen molar-refractivity contribution in [2.45, 2.75) is 20.8 Å². The Balaban J connectivity index is 0.00000154. The molecule has 0 bridgehead atoms. The van der Waals surface area contributed by atoms with Crippen LogP contribution < -0.4 is 0 Å². The second-order valence-electron chi connectivity index (χ2n) is 3.74. The second-order valence-corrected chi connectivity index (χ2v) is 4.30. The Bertz CT molecular complexity index is 473. The Labute approximate surface area is 124 Å². The molecule has 102 valence electrons. The lowest BCUT2D eigenvalue weighted by Gasteiger charge is -2.13. The number of rotatable bonds is 5. The molecule has 2 nitrogen and oxygen atoms in total. The van der Waals surface area contributed by atoms with Crippen LogP contribution in [0.25, 0.3) is 5.57 Å². The van der Waals surface area contributed by atoms with Crippen molar-refractivity contribution >= 4 is 27.3 Å². The van der Waals surface area contributed by atoms with E-state index in [4.69, 9.17) is 4.74 Å². The van der Waals surface area contributed by atoms with Crippen LogP contribution in [0.2, 0.25) is 0 Å². The number of hydrogen-bond donors (Lipinski definition) is 0. The maximum absolute atomic E-state index is 12.0. The largest absolute Gasteiger partial charge is 0.498 e. The van der Waals surface area contributed by atoms with Gasteiger partial charge < -0.3 is 4.74 Å². The van der Waals surface area contributed by atoms with Crippen molar-refractivity contribution in [2.24, 2.45) is 0 Å². The minimum absolute atomic E-state index is 0.0465. The maximum atomic E-state index is 12.0. The quantitative estimate of drug-likeness (QED) is 0.355. The molecule has 0 aliphatic heterocycles. The Morgan fingerprint density at radius 1 is 1.32 bits per heavy atom. The van der Waals surface area contributed by atoms with E-state index in [2.05, 4.69) is 28.8 Å². The molecule has 0 saturated carbocycles. The predicted molar refractivity (Wildman–Crippen MR) is 84.1 cm³/mol. The van der Waals surface area contributed by atoms with Crippen LogP contribution in [0, 0.1) is 19.8 Å². The first-order chi connectivity index (χ1) is 9.11. The van der Waals surface area contributed by atoms with Crippen LogP contribution in [-0.2, 0) is 9.53 Å². The summed E-state index contributed by atoms with van der Waals surface area (Å²) in [4.78, 5) is 12.0. The smallest absolute Gasteiger partial charge is 0.177 e. The molecule has 0 aliphatic rings. The zero-order chi connectivity index (χ0) is 14.8. The van der Waals surface area contributed by atoms with Gasteiger partial charge in [-0.25, -0.2) is 0 Å². The number of ketones is 1. The van der Waals surface area contributed by atoms with Gasteiger partial charge in [-0.1, -0.05) is 40.2 Å². The summed E-state index contributed by atoms with van der Waals surface area (Å²) in [5.74, 6) is 0.733. The van der Waals surface area contributed by atoms with Crippen molar-refractivity contribution in [3.63, 3.8) is 0 Å². The molecule has 0 amide bonds. The van der Waals surface area contributed by atoms with Crippen LogP contribution >= 0.6 is 15.9 Å². The highest BCUT2D eigenvalue weighted by molar-refractivity contribution is 9.09.